The molecule has 108 valence electrons. The molecule has 0 spiro atoms. The van der Waals surface area contributed by atoms with Gasteiger partial charge in [0.2, 0.25) is 0 Å². The normalized spacial score (nSPS) is 11.1. The molecular formula is C16H11N3O3. The second-order valence-electron chi connectivity index (χ2n) is 4.60. The molecule has 3 aromatic carbocycles. The first kappa shape index (κ1) is 13.7. The van der Waals surface area contributed by atoms with E-state index in [1.807, 2.05) is 24.3 Å². The molecule has 0 radical (unpaired) electrons. The SMILES string of the molecule is O=[N+]([O-])c1ccccc1N=Nc1ccc2ccccc2c1O. The molecule has 3 aromatic rings. The molecule has 0 saturated carbocycles. The van der Waals surface area contributed by atoms with Crippen molar-refractivity contribution in [3.05, 3.63) is 70.8 Å². The van der Waals surface area contributed by atoms with Crippen LogP contribution in [-0.4, -0.2) is 10.0 Å². The van der Waals surface area contributed by atoms with E-state index in [1.54, 1.807) is 24.3 Å². The van der Waals surface area contributed by atoms with Crippen LogP contribution in [0, 0.1) is 10.1 Å². The number of hydrogen-bond donors (Lipinski definition) is 1. The van der Waals surface area contributed by atoms with Crippen molar-refractivity contribution in [3.8, 4) is 5.75 Å². The van der Waals surface area contributed by atoms with E-state index in [1.165, 1.54) is 12.1 Å². The Morgan fingerprint density at radius 3 is 2.36 bits per heavy atom. The summed E-state index contributed by atoms with van der Waals surface area (Å²) in [6, 6.07) is 16.8. The maximum absolute atomic E-state index is 10.9. The molecule has 0 saturated heterocycles. The third kappa shape index (κ3) is 2.49. The number of fused-ring (bicyclic) bond motifs is 1. The number of nitro benzene ring substituents is 1. The molecule has 6 nitrogen and oxygen atoms in total. The highest BCUT2D eigenvalue weighted by atomic mass is 16.6. The maximum Gasteiger partial charge on any atom is 0.296 e. The lowest BCUT2D eigenvalue weighted by atomic mass is 10.1. The van der Waals surface area contributed by atoms with Gasteiger partial charge in [0.15, 0.2) is 11.4 Å². The van der Waals surface area contributed by atoms with Gasteiger partial charge in [0.25, 0.3) is 5.69 Å². The van der Waals surface area contributed by atoms with Crippen molar-refractivity contribution in [2.45, 2.75) is 0 Å². The molecule has 0 aliphatic rings. The number of rotatable bonds is 3. The topological polar surface area (TPSA) is 88.1 Å². The Hall–Kier alpha value is -3.28. The summed E-state index contributed by atoms with van der Waals surface area (Å²) in [6.07, 6.45) is 0. The van der Waals surface area contributed by atoms with Crippen molar-refractivity contribution in [2.24, 2.45) is 10.2 Å². The van der Waals surface area contributed by atoms with Gasteiger partial charge in [0.05, 0.1) is 4.92 Å². The minimum absolute atomic E-state index is 0.000402. The number of phenols is 1. The van der Waals surface area contributed by atoms with E-state index < -0.39 is 4.92 Å². The number of para-hydroxylation sites is 1. The summed E-state index contributed by atoms with van der Waals surface area (Å²) in [5.74, 6) is 0.000402. The number of nitrogens with zero attached hydrogens (tertiary/aromatic N) is 3. The van der Waals surface area contributed by atoms with Gasteiger partial charge in [-0.2, -0.15) is 0 Å². The Bertz CT molecular complexity index is 891. The van der Waals surface area contributed by atoms with E-state index in [-0.39, 0.29) is 22.8 Å². The number of phenolic OH excluding ortho intramolecular Hbond substituents is 1. The lowest BCUT2D eigenvalue weighted by Gasteiger charge is -2.03. The Morgan fingerprint density at radius 2 is 1.55 bits per heavy atom. The van der Waals surface area contributed by atoms with Crippen LogP contribution in [-0.2, 0) is 0 Å². The molecule has 0 heterocycles. The Labute approximate surface area is 125 Å². The number of aromatic hydroxyl groups is 1. The molecule has 0 amide bonds. The molecular weight excluding hydrogens is 282 g/mol. The van der Waals surface area contributed by atoms with Crippen LogP contribution in [0.2, 0.25) is 0 Å². The van der Waals surface area contributed by atoms with Crippen molar-refractivity contribution < 1.29 is 10.0 Å². The van der Waals surface area contributed by atoms with Gasteiger partial charge in [0.1, 0.15) is 5.69 Å². The van der Waals surface area contributed by atoms with Crippen molar-refractivity contribution in [2.75, 3.05) is 0 Å². The van der Waals surface area contributed by atoms with Crippen LogP contribution in [0.3, 0.4) is 0 Å². The first-order valence-electron chi connectivity index (χ1n) is 6.52. The summed E-state index contributed by atoms with van der Waals surface area (Å²) >= 11 is 0. The van der Waals surface area contributed by atoms with Gasteiger partial charge in [-0.3, -0.25) is 10.1 Å². The zero-order valence-corrected chi connectivity index (χ0v) is 11.4. The van der Waals surface area contributed by atoms with E-state index >= 15 is 0 Å². The van der Waals surface area contributed by atoms with E-state index in [0.717, 1.165) is 5.39 Å². The maximum atomic E-state index is 10.9. The minimum Gasteiger partial charge on any atom is -0.505 e. The van der Waals surface area contributed by atoms with Gasteiger partial charge < -0.3 is 5.11 Å². The number of hydrogen-bond acceptors (Lipinski definition) is 5. The van der Waals surface area contributed by atoms with Crippen LogP contribution >= 0.6 is 0 Å². The van der Waals surface area contributed by atoms with Gasteiger partial charge in [-0.05, 0) is 17.5 Å². The van der Waals surface area contributed by atoms with Crippen molar-refractivity contribution in [1.29, 1.82) is 0 Å². The fourth-order valence-electron chi connectivity index (χ4n) is 2.14. The monoisotopic (exact) mass is 293 g/mol. The second kappa shape index (κ2) is 5.61. The molecule has 0 aliphatic heterocycles. The second-order valence-corrected chi connectivity index (χ2v) is 4.60. The predicted molar refractivity (Wildman–Crippen MR) is 82.9 cm³/mol. The number of benzene rings is 3. The van der Waals surface area contributed by atoms with Crippen LogP contribution in [0.4, 0.5) is 17.1 Å². The lowest BCUT2D eigenvalue weighted by Crippen LogP contribution is -1.87. The molecule has 0 unspecified atom stereocenters. The van der Waals surface area contributed by atoms with Crippen LogP contribution in [0.5, 0.6) is 5.75 Å². The molecule has 0 aliphatic carbocycles. The lowest BCUT2D eigenvalue weighted by molar-refractivity contribution is -0.384. The van der Waals surface area contributed by atoms with E-state index in [9.17, 15) is 15.2 Å². The van der Waals surface area contributed by atoms with Crippen LogP contribution in [0.1, 0.15) is 0 Å². The first-order chi connectivity index (χ1) is 10.7. The Balaban J connectivity index is 2.03. The van der Waals surface area contributed by atoms with Gasteiger partial charge in [0, 0.05) is 11.5 Å². The van der Waals surface area contributed by atoms with Crippen molar-refractivity contribution in [3.63, 3.8) is 0 Å². The highest BCUT2D eigenvalue weighted by Crippen LogP contribution is 2.36. The minimum atomic E-state index is -0.519. The van der Waals surface area contributed by atoms with E-state index in [0.29, 0.717) is 5.39 Å². The number of nitro groups is 1. The predicted octanol–water partition coefficient (Wildman–Crippen LogP) is 4.87. The van der Waals surface area contributed by atoms with Crippen molar-refractivity contribution in [1.82, 2.24) is 0 Å². The highest BCUT2D eigenvalue weighted by molar-refractivity contribution is 5.92. The van der Waals surface area contributed by atoms with Gasteiger partial charge in [-0.1, -0.05) is 42.5 Å². The largest absolute Gasteiger partial charge is 0.505 e. The molecule has 0 fully saturated rings. The zero-order chi connectivity index (χ0) is 15.5. The van der Waals surface area contributed by atoms with Gasteiger partial charge in [-0.25, -0.2) is 0 Å². The summed E-state index contributed by atoms with van der Waals surface area (Å²) in [5, 5.41) is 30.5. The fourth-order valence-corrected chi connectivity index (χ4v) is 2.14. The summed E-state index contributed by atoms with van der Waals surface area (Å²) < 4.78 is 0. The van der Waals surface area contributed by atoms with Crippen molar-refractivity contribution >= 4 is 27.8 Å². The molecule has 0 bridgehead atoms. The van der Waals surface area contributed by atoms with Gasteiger partial charge >= 0.3 is 0 Å². The summed E-state index contributed by atoms with van der Waals surface area (Å²) in [6.45, 7) is 0. The van der Waals surface area contributed by atoms with Crippen LogP contribution in [0.25, 0.3) is 10.8 Å². The quantitative estimate of drug-likeness (QED) is 0.424. The summed E-state index contributed by atoms with van der Waals surface area (Å²) in [5.41, 5.74) is 0.267. The van der Waals surface area contributed by atoms with Gasteiger partial charge in [-0.15, -0.1) is 10.2 Å². The average molecular weight is 293 g/mol. The zero-order valence-electron chi connectivity index (χ0n) is 11.4. The third-order valence-corrected chi connectivity index (χ3v) is 3.22. The molecule has 22 heavy (non-hydrogen) atoms. The molecule has 1 N–H and O–H groups in total. The smallest absolute Gasteiger partial charge is 0.296 e. The molecule has 0 aromatic heterocycles. The summed E-state index contributed by atoms with van der Waals surface area (Å²) in [4.78, 5) is 10.4. The van der Waals surface area contributed by atoms with Crippen LogP contribution < -0.4 is 0 Å². The standard InChI is InChI=1S/C16H11N3O3/c20-16-12-6-2-1-5-11(12)9-10-14(16)18-17-13-7-3-4-8-15(13)19(21)22/h1-10,20H. The Kier molecular flexibility index (Phi) is 3.49. The highest BCUT2D eigenvalue weighted by Gasteiger charge is 2.12. The first-order valence-corrected chi connectivity index (χ1v) is 6.52. The average Bonchev–Trinajstić information content (AvgIpc) is 2.55. The molecule has 6 heteroatoms. The molecule has 3 rings (SSSR count). The molecule has 0 atom stereocenters. The Morgan fingerprint density at radius 1 is 0.864 bits per heavy atom. The number of azo groups is 1. The van der Waals surface area contributed by atoms with Crippen LogP contribution in [0.15, 0.2) is 70.9 Å². The summed E-state index contributed by atoms with van der Waals surface area (Å²) in [7, 11) is 0. The fraction of sp³-hybridized carbons (Fsp3) is 0. The van der Waals surface area contributed by atoms with E-state index in [2.05, 4.69) is 10.2 Å². The van der Waals surface area contributed by atoms with E-state index in [4.69, 9.17) is 0 Å². The third-order valence-electron chi connectivity index (χ3n) is 3.22.